The van der Waals surface area contributed by atoms with Gasteiger partial charge in [0.15, 0.2) is 0 Å². The molecular formula is C8H15S. The van der Waals surface area contributed by atoms with Gasteiger partial charge in [-0.15, -0.1) is 0 Å². The van der Waals surface area contributed by atoms with E-state index in [9.17, 15) is 0 Å². The van der Waals surface area contributed by atoms with E-state index in [4.69, 9.17) is 0 Å². The largest absolute Gasteiger partial charge is 0.155 e. The van der Waals surface area contributed by atoms with Crippen LogP contribution >= 0.6 is 11.8 Å². The summed E-state index contributed by atoms with van der Waals surface area (Å²) in [5, 5.41) is 0. The fraction of sp³-hybridized carbons (Fsp3) is 0.875. The lowest BCUT2D eigenvalue weighted by atomic mass is 10.0. The molecule has 0 aromatic heterocycles. The van der Waals surface area contributed by atoms with Crippen molar-refractivity contribution in [3.05, 3.63) is 6.92 Å². The fourth-order valence-corrected chi connectivity index (χ4v) is 2.46. The third-order valence-electron chi connectivity index (χ3n) is 2.08. The van der Waals surface area contributed by atoms with Crippen LogP contribution in [-0.2, 0) is 0 Å². The van der Waals surface area contributed by atoms with E-state index >= 15 is 0 Å². The zero-order valence-corrected chi connectivity index (χ0v) is 6.97. The number of hydrogen-bond acceptors (Lipinski definition) is 1. The Morgan fingerprint density at radius 2 is 2.33 bits per heavy atom. The Labute approximate surface area is 62.4 Å². The van der Waals surface area contributed by atoms with Gasteiger partial charge in [0, 0.05) is 4.75 Å². The summed E-state index contributed by atoms with van der Waals surface area (Å²) in [6.07, 6.45) is 5.30. The summed E-state index contributed by atoms with van der Waals surface area (Å²) in [4.78, 5) is 0. The highest BCUT2D eigenvalue weighted by molar-refractivity contribution is 8.00. The second kappa shape index (κ2) is 2.96. The molecule has 1 aliphatic heterocycles. The van der Waals surface area contributed by atoms with Crippen molar-refractivity contribution >= 4 is 11.8 Å². The molecule has 1 aliphatic rings. The second-order valence-corrected chi connectivity index (χ2v) is 4.69. The van der Waals surface area contributed by atoms with Crippen LogP contribution in [0.15, 0.2) is 0 Å². The van der Waals surface area contributed by atoms with E-state index in [1.54, 1.807) is 0 Å². The summed E-state index contributed by atoms with van der Waals surface area (Å²) in [5.41, 5.74) is 0. The number of rotatable bonds is 1. The molecule has 1 radical (unpaired) electrons. The minimum atomic E-state index is 0.526. The van der Waals surface area contributed by atoms with Crippen LogP contribution in [0.2, 0.25) is 0 Å². The maximum absolute atomic E-state index is 3.96. The zero-order chi connectivity index (χ0) is 6.74. The van der Waals surface area contributed by atoms with E-state index in [0.29, 0.717) is 4.75 Å². The first-order valence-corrected chi connectivity index (χ1v) is 4.69. The average molecular weight is 143 g/mol. The van der Waals surface area contributed by atoms with Crippen LogP contribution in [0.4, 0.5) is 0 Å². The maximum Gasteiger partial charge on any atom is 0.0131 e. The lowest BCUT2D eigenvalue weighted by Crippen LogP contribution is -2.22. The van der Waals surface area contributed by atoms with E-state index in [-0.39, 0.29) is 0 Å². The molecule has 0 N–H and O–H groups in total. The van der Waals surface area contributed by atoms with E-state index in [1.165, 1.54) is 25.0 Å². The van der Waals surface area contributed by atoms with Gasteiger partial charge in [-0.2, -0.15) is 11.8 Å². The van der Waals surface area contributed by atoms with Crippen LogP contribution in [0, 0.1) is 6.92 Å². The summed E-state index contributed by atoms with van der Waals surface area (Å²) in [6.45, 7) is 6.30. The van der Waals surface area contributed by atoms with E-state index < -0.39 is 0 Å². The van der Waals surface area contributed by atoms with Gasteiger partial charge in [0.25, 0.3) is 0 Å². The van der Waals surface area contributed by atoms with Crippen LogP contribution in [0.25, 0.3) is 0 Å². The van der Waals surface area contributed by atoms with E-state index in [1.807, 2.05) is 0 Å². The standard InChI is InChI=1S/C8H15S/c1-3-8(2)6-4-5-7-9-8/h1,3-7H2,2H3. The Balaban J connectivity index is 2.37. The molecule has 0 aromatic carbocycles. The van der Waals surface area contributed by atoms with Gasteiger partial charge < -0.3 is 0 Å². The molecule has 1 atom stereocenters. The Bertz CT molecular complexity index is 82.6. The van der Waals surface area contributed by atoms with Gasteiger partial charge in [-0.3, -0.25) is 0 Å². The topological polar surface area (TPSA) is 0 Å². The quantitative estimate of drug-likeness (QED) is 0.544. The molecule has 0 saturated carbocycles. The predicted molar refractivity (Wildman–Crippen MR) is 44.7 cm³/mol. The molecule has 0 spiro atoms. The first-order valence-electron chi connectivity index (χ1n) is 3.70. The Kier molecular flexibility index (Phi) is 2.45. The van der Waals surface area contributed by atoms with Gasteiger partial charge in [-0.05, 0) is 25.0 Å². The Morgan fingerprint density at radius 3 is 2.67 bits per heavy atom. The number of thioether (sulfide) groups is 1. The van der Waals surface area contributed by atoms with Crippen molar-refractivity contribution in [1.29, 1.82) is 0 Å². The van der Waals surface area contributed by atoms with Gasteiger partial charge in [0.1, 0.15) is 0 Å². The van der Waals surface area contributed by atoms with Crippen LogP contribution in [0.1, 0.15) is 32.6 Å². The van der Waals surface area contributed by atoms with Crippen LogP contribution in [-0.4, -0.2) is 10.5 Å². The molecular weight excluding hydrogens is 128 g/mol. The van der Waals surface area contributed by atoms with Gasteiger partial charge in [0.2, 0.25) is 0 Å². The van der Waals surface area contributed by atoms with Crippen molar-refractivity contribution in [2.45, 2.75) is 37.4 Å². The third kappa shape index (κ3) is 1.89. The molecule has 1 saturated heterocycles. The van der Waals surface area contributed by atoms with Gasteiger partial charge >= 0.3 is 0 Å². The minimum Gasteiger partial charge on any atom is -0.155 e. The normalized spacial score (nSPS) is 36.7. The van der Waals surface area contributed by atoms with Crippen molar-refractivity contribution in [1.82, 2.24) is 0 Å². The monoisotopic (exact) mass is 143 g/mol. The van der Waals surface area contributed by atoms with Crippen LogP contribution in [0.3, 0.4) is 0 Å². The Morgan fingerprint density at radius 1 is 1.56 bits per heavy atom. The molecule has 0 aromatic rings. The number of hydrogen-bond donors (Lipinski definition) is 0. The van der Waals surface area contributed by atoms with E-state index in [2.05, 4.69) is 25.6 Å². The average Bonchev–Trinajstić information content (AvgIpc) is 1.90. The lowest BCUT2D eigenvalue weighted by Gasteiger charge is -2.31. The molecule has 0 aliphatic carbocycles. The van der Waals surface area contributed by atoms with Gasteiger partial charge in [-0.1, -0.05) is 20.3 Å². The first kappa shape index (κ1) is 7.46. The SMILES string of the molecule is [CH2]CC1(C)CCCCS1. The predicted octanol–water partition coefficient (Wildman–Crippen LogP) is 2.89. The first-order chi connectivity index (χ1) is 4.27. The maximum atomic E-state index is 3.96. The highest BCUT2D eigenvalue weighted by Crippen LogP contribution is 2.38. The fourth-order valence-electron chi connectivity index (χ4n) is 1.19. The van der Waals surface area contributed by atoms with Gasteiger partial charge in [0.05, 0.1) is 0 Å². The summed E-state index contributed by atoms with van der Waals surface area (Å²) < 4.78 is 0.526. The van der Waals surface area contributed by atoms with Crippen molar-refractivity contribution in [2.75, 3.05) is 5.75 Å². The van der Waals surface area contributed by atoms with E-state index in [0.717, 1.165) is 6.42 Å². The van der Waals surface area contributed by atoms with Crippen molar-refractivity contribution in [2.24, 2.45) is 0 Å². The molecule has 0 bridgehead atoms. The molecule has 0 amide bonds. The Hall–Kier alpha value is 0.350. The van der Waals surface area contributed by atoms with Crippen molar-refractivity contribution in [3.8, 4) is 0 Å². The highest BCUT2D eigenvalue weighted by atomic mass is 32.2. The second-order valence-electron chi connectivity index (χ2n) is 3.01. The summed E-state index contributed by atoms with van der Waals surface area (Å²) in [7, 11) is 0. The van der Waals surface area contributed by atoms with Crippen LogP contribution < -0.4 is 0 Å². The minimum absolute atomic E-state index is 0.526. The molecule has 1 heterocycles. The smallest absolute Gasteiger partial charge is 0.0131 e. The molecule has 9 heavy (non-hydrogen) atoms. The molecule has 1 rings (SSSR count). The molecule has 1 unspecified atom stereocenters. The zero-order valence-electron chi connectivity index (χ0n) is 6.15. The van der Waals surface area contributed by atoms with Crippen LogP contribution in [0.5, 0.6) is 0 Å². The molecule has 1 heteroatoms. The van der Waals surface area contributed by atoms with Crippen molar-refractivity contribution < 1.29 is 0 Å². The molecule has 0 nitrogen and oxygen atoms in total. The highest BCUT2D eigenvalue weighted by Gasteiger charge is 2.24. The lowest BCUT2D eigenvalue weighted by molar-refractivity contribution is 0.539. The van der Waals surface area contributed by atoms with Crippen molar-refractivity contribution in [3.63, 3.8) is 0 Å². The molecule has 53 valence electrons. The molecule has 1 fully saturated rings. The summed E-state index contributed by atoms with van der Waals surface area (Å²) in [6, 6.07) is 0. The summed E-state index contributed by atoms with van der Waals surface area (Å²) >= 11 is 2.10. The third-order valence-corrected chi connectivity index (χ3v) is 3.68. The van der Waals surface area contributed by atoms with Gasteiger partial charge in [-0.25, -0.2) is 0 Å². The summed E-state index contributed by atoms with van der Waals surface area (Å²) in [5.74, 6) is 1.35.